The number of carbonyl (C=O) groups is 1. The molecule has 1 N–H and O–H groups in total. The summed E-state index contributed by atoms with van der Waals surface area (Å²) in [6, 6.07) is 10.7. The Bertz CT molecular complexity index is 1440. The molecule has 6 nitrogen and oxygen atoms in total. The first-order valence-electron chi connectivity index (χ1n) is 20.1. The van der Waals surface area contributed by atoms with E-state index in [1.807, 2.05) is 13.8 Å². The summed E-state index contributed by atoms with van der Waals surface area (Å²) in [5.74, 6) is 2.62. The number of hydrogen-bond donors (Lipinski definition) is 1. The third-order valence-corrected chi connectivity index (χ3v) is 18.1. The molecule has 0 spiro atoms. The molecule has 1 aromatic carbocycles. The Morgan fingerprint density at radius 2 is 1.56 bits per heavy atom. The number of fused-ring (bicyclic) bond motifs is 7. The summed E-state index contributed by atoms with van der Waals surface area (Å²) in [5, 5.41) is 3.28. The minimum absolute atomic E-state index is 0.117. The molecule has 5 saturated carbocycles. The third-order valence-electron chi connectivity index (χ3n) is 16.1. The van der Waals surface area contributed by atoms with Crippen LogP contribution < -0.4 is 5.32 Å². The first-order valence-corrected chi connectivity index (χ1v) is 21.8. The van der Waals surface area contributed by atoms with E-state index in [4.69, 9.17) is 13.8 Å². The van der Waals surface area contributed by atoms with Gasteiger partial charge in [0.25, 0.3) is 0 Å². The van der Waals surface area contributed by atoms with Crippen LogP contribution in [0.2, 0.25) is 0 Å². The first kappa shape index (κ1) is 38.3. The molecular formula is C43H68NO5P. The first-order chi connectivity index (χ1) is 23.6. The molecule has 280 valence electrons. The summed E-state index contributed by atoms with van der Waals surface area (Å²) in [4.78, 5) is 14.5. The highest BCUT2D eigenvalue weighted by molar-refractivity contribution is 7.53. The molecule has 10 atom stereocenters. The van der Waals surface area contributed by atoms with Crippen LogP contribution in [-0.2, 0) is 29.8 Å². The van der Waals surface area contributed by atoms with Crippen LogP contribution in [-0.4, -0.2) is 37.9 Å². The van der Waals surface area contributed by atoms with Gasteiger partial charge in [-0.3, -0.25) is 9.36 Å². The van der Waals surface area contributed by atoms with Gasteiger partial charge in [-0.2, -0.15) is 0 Å². The molecule has 5 aliphatic carbocycles. The minimum atomic E-state index is -3.22. The summed E-state index contributed by atoms with van der Waals surface area (Å²) in [6.07, 6.45) is 11.8. The van der Waals surface area contributed by atoms with Gasteiger partial charge < -0.3 is 19.1 Å². The highest BCUT2D eigenvalue weighted by atomic mass is 31.2. The number of allylic oxidation sites excluding steroid dienone is 1. The van der Waals surface area contributed by atoms with Crippen LogP contribution in [0.4, 0.5) is 0 Å². The molecule has 50 heavy (non-hydrogen) atoms. The van der Waals surface area contributed by atoms with Gasteiger partial charge in [0.05, 0.1) is 37.5 Å². The smallest absolute Gasteiger partial charge is 0.332 e. The van der Waals surface area contributed by atoms with Crippen LogP contribution in [0.25, 0.3) is 0 Å². The molecule has 0 saturated heterocycles. The Morgan fingerprint density at radius 1 is 0.860 bits per heavy atom. The fourth-order valence-electron chi connectivity index (χ4n) is 13.6. The van der Waals surface area contributed by atoms with Gasteiger partial charge in [0, 0.05) is 6.54 Å². The van der Waals surface area contributed by atoms with Crippen molar-refractivity contribution in [1.29, 1.82) is 0 Å². The highest BCUT2D eigenvalue weighted by Crippen LogP contribution is 2.77. The maximum absolute atomic E-state index is 14.5. The summed E-state index contributed by atoms with van der Waals surface area (Å²) in [7, 11) is -3.22. The fourth-order valence-corrected chi connectivity index (χ4v) is 15.1. The Morgan fingerprint density at radius 3 is 2.22 bits per heavy atom. The average molecular weight is 710 g/mol. The molecule has 0 unspecified atom stereocenters. The van der Waals surface area contributed by atoms with E-state index in [1.165, 1.54) is 43.2 Å². The molecule has 0 heterocycles. The maximum atomic E-state index is 14.5. The van der Waals surface area contributed by atoms with Crippen molar-refractivity contribution >= 4 is 13.5 Å². The molecule has 0 radical (unpaired) electrons. The van der Waals surface area contributed by atoms with Crippen molar-refractivity contribution in [3.8, 4) is 0 Å². The minimum Gasteiger partial charge on any atom is -0.373 e. The topological polar surface area (TPSA) is 73.9 Å². The lowest BCUT2D eigenvalue weighted by atomic mass is 9.32. The number of carbonyl (C=O) groups excluding carboxylic acids is 1. The van der Waals surface area contributed by atoms with Crippen LogP contribution in [0.3, 0.4) is 0 Å². The molecule has 5 fully saturated rings. The van der Waals surface area contributed by atoms with Gasteiger partial charge in [-0.05, 0) is 142 Å². The molecule has 1 amide bonds. The van der Waals surface area contributed by atoms with Crippen molar-refractivity contribution in [2.24, 2.45) is 56.7 Å². The number of rotatable bonds is 12. The number of benzene rings is 1. The van der Waals surface area contributed by atoms with Crippen molar-refractivity contribution in [1.82, 2.24) is 5.32 Å². The summed E-state index contributed by atoms with van der Waals surface area (Å²) in [6.45, 7) is 25.0. The van der Waals surface area contributed by atoms with E-state index in [0.29, 0.717) is 56.0 Å². The quantitative estimate of drug-likeness (QED) is 0.173. The molecule has 0 bridgehead atoms. The predicted octanol–water partition coefficient (Wildman–Crippen LogP) is 10.6. The van der Waals surface area contributed by atoms with E-state index in [-0.39, 0.29) is 39.8 Å². The number of amides is 1. The van der Waals surface area contributed by atoms with Crippen LogP contribution in [0.5, 0.6) is 0 Å². The lowest BCUT2D eigenvalue weighted by Crippen LogP contribution is -2.67. The van der Waals surface area contributed by atoms with Gasteiger partial charge in [0.1, 0.15) is 0 Å². The van der Waals surface area contributed by atoms with Crippen molar-refractivity contribution in [3.63, 3.8) is 0 Å². The monoisotopic (exact) mass is 709 g/mol. The van der Waals surface area contributed by atoms with E-state index >= 15 is 0 Å². The van der Waals surface area contributed by atoms with Crippen LogP contribution in [0.15, 0.2) is 42.5 Å². The lowest BCUT2D eigenvalue weighted by molar-refractivity contribution is -0.251. The normalized spacial score (nSPS) is 40.6. The summed E-state index contributed by atoms with van der Waals surface area (Å²) in [5.41, 5.74) is 2.90. The van der Waals surface area contributed by atoms with E-state index < -0.39 is 13.0 Å². The van der Waals surface area contributed by atoms with Crippen molar-refractivity contribution < 1.29 is 23.1 Å². The lowest BCUT2D eigenvalue weighted by Gasteiger charge is -2.73. The molecule has 0 aromatic heterocycles. The zero-order chi connectivity index (χ0) is 36.2. The molecule has 1 aromatic rings. The maximum Gasteiger partial charge on any atom is 0.332 e. The number of ether oxygens (including phenoxy) is 1. The Hall–Kier alpha value is -1.46. The molecule has 7 heteroatoms. The van der Waals surface area contributed by atoms with E-state index in [0.717, 1.165) is 32.1 Å². The SMILES string of the molecule is C=C(C)[C@@H]1CC[C@]2(C(=O)NCCP(=O)(OCC)OCC)CC[C@]3(C)[C@H](CC[C@@H]4[C@@]5(C)CC[C@H](OCc6ccccc6)C(C)(C)[C@@H]5CC[C@]43C)[C@@H]12. The van der Waals surface area contributed by atoms with Gasteiger partial charge in [-0.25, -0.2) is 0 Å². The molecule has 0 aliphatic heterocycles. The van der Waals surface area contributed by atoms with Gasteiger partial charge in [-0.15, -0.1) is 0 Å². The zero-order valence-electron chi connectivity index (χ0n) is 32.7. The Labute approximate surface area is 304 Å². The fraction of sp³-hybridized carbons (Fsp3) is 0.791. The van der Waals surface area contributed by atoms with Crippen molar-refractivity contribution in [2.75, 3.05) is 25.9 Å². The predicted molar refractivity (Wildman–Crippen MR) is 203 cm³/mol. The molecular weight excluding hydrogens is 641 g/mol. The van der Waals surface area contributed by atoms with Gasteiger partial charge >= 0.3 is 7.60 Å². The highest BCUT2D eigenvalue weighted by Gasteiger charge is 2.72. The van der Waals surface area contributed by atoms with Gasteiger partial charge in [0.15, 0.2) is 0 Å². The van der Waals surface area contributed by atoms with Gasteiger partial charge in [0.2, 0.25) is 5.91 Å². The molecule has 5 aliphatic rings. The van der Waals surface area contributed by atoms with Crippen LogP contribution >= 0.6 is 7.60 Å². The Balaban J connectivity index is 1.23. The second-order valence-corrected chi connectivity index (χ2v) is 20.6. The largest absolute Gasteiger partial charge is 0.373 e. The van der Waals surface area contributed by atoms with Crippen molar-refractivity contribution in [3.05, 3.63) is 48.0 Å². The van der Waals surface area contributed by atoms with Crippen LogP contribution in [0, 0.1) is 56.7 Å². The number of nitrogens with one attached hydrogen (secondary N) is 1. The zero-order valence-corrected chi connectivity index (χ0v) is 33.5. The third kappa shape index (κ3) is 6.12. The van der Waals surface area contributed by atoms with Crippen LogP contribution in [0.1, 0.15) is 125 Å². The second kappa shape index (κ2) is 14.1. The standard InChI is InChI=1S/C43H68NO5P/c1-10-48-50(46,49-11-2)28-27-44-38(45)43-24-19-32(30(3)4)37(43)33-17-18-35-40(7)22-21-36(47-29-31-15-13-12-14-16-31)39(5,6)34(40)20-23-42(35,9)41(33,8)25-26-43/h12-16,32-37H,3,10-11,17-29H2,1-2,4-9H3,(H,44,45)/t32-,33+,34-,35+,36-,37+,40-,41+,42+,43-/m0/s1. The average Bonchev–Trinajstić information content (AvgIpc) is 3.47. The second-order valence-electron chi connectivity index (χ2n) is 18.4. The van der Waals surface area contributed by atoms with E-state index in [2.05, 4.69) is 83.8 Å². The Kier molecular flexibility index (Phi) is 10.8. The number of hydrogen-bond acceptors (Lipinski definition) is 5. The van der Waals surface area contributed by atoms with Crippen molar-refractivity contribution in [2.45, 2.75) is 132 Å². The summed E-state index contributed by atoms with van der Waals surface area (Å²) >= 11 is 0. The summed E-state index contributed by atoms with van der Waals surface area (Å²) < 4.78 is 31.0. The van der Waals surface area contributed by atoms with E-state index in [9.17, 15) is 9.36 Å². The molecule has 6 rings (SSSR count). The van der Waals surface area contributed by atoms with Gasteiger partial charge in [-0.1, -0.05) is 77.1 Å². The van der Waals surface area contributed by atoms with E-state index in [1.54, 1.807) is 0 Å².